The van der Waals surface area contributed by atoms with Crippen LogP contribution >= 0.6 is 0 Å². The van der Waals surface area contributed by atoms with E-state index in [9.17, 15) is 23.5 Å². The van der Waals surface area contributed by atoms with Gasteiger partial charge in [-0.1, -0.05) is 0 Å². The number of aliphatic hydroxyl groups excluding tert-OH is 1. The third-order valence-electron chi connectivity index (χ3n) is 4.93. The summed E-state index contributed by atoms with van der Waals surface area (Å²) in [7, 11) is 0. The summed E-state index contributed by atoms with van der Waals surface area (Å²) in [6.07, 6.45) is -9.18. The molecule has 13 heteroatoms. The maximum absolute atomic E-state index is 14.5. The molecular weight excluding hydrogens is 398 g/mol. The van der Waals surface area contributed by atoms with Crippen LogP contribution in [-0.2, 0) is 28.5 Å². The predicted molar refractivity (Wildman–Crippen MR) is 93.2 cm³/mol. The second-order valence-corrected chi connectivity index (χ2v) is 7.24. The number of ether oxygens (including phenoxy) is 4. The first-order valence-corrected chi connectivity index (χ1v) is 9.08. The highest BCUT2D eigenvalue weighted by Gasteiger charge is 2.60. The molecule has 2 aliphatic rings. The van der Waals surface area contributed by atoms with Gasteiger partial charge in [0.25, 0.3) is 0 Å². The van der Waals surface area contributed by atoms with E-state index in [1.807, 2.05) is 0 Å². The number of esters is 2. The van der Waals surface area contributed by atoms with Crippen molar-refractivity contribution >= 4 is 11.9 Å². The first-order valence-electron chi connectivity index (χ1n) is 9.08. The Bertz CT molecular complexity index is 614. The van der Waals surface area contributed by atoms with Crippen molar-refractivity contribution in [1.82, 2.24) is 0 Å². The molecule has 2 fully saturated rings. The summed E-state index contributed by atoms with van der Waals surface area (Å²) in [6, 6.07) is -3.22. The van der Waals surface area contributed by atoms with Crippen LogP contribution in [0.3, 0.4) is 0 Å². The van der Waals surface area contributed by atoms with Crippen molar-refractivity contribution in [2.75, 3.05) is 6.54 Å². The Labute approximate surface area is 165 Å². The van der Waals surface area contributed by atoms with Gasteiger partial charge in [0.2, 0.25) is 0 Å². The summed E-state index contributed by atoms with van der Waals surface area (Å²) < 4.78 is 49.6. The largest absolute Gasteiger partial charge is 0.458 e. The molecule has 1 heterocycles. The minimum atomic E-state index is -3.67. The highest BCUT2D eigenvalue weighted by atomic mass is 19.3. The molecule has 0 aromatic carbocycles. The van der Waals surface area contributed by atoms with Crippen LogP contribution in [0.25, 0.3) is 0 Å². The minimum absolute atomic E-state index is 0.103. The van der Waals surface area contributed by atoms with Gasteiger partial charge < -0.3 is 47.0 Å². The average Bonchev–Trinajstić information content (AvgIpc) is 2.60. The lowest BCUT2D eigenvalue weighted by molar-refractivity contribution is -0.326. The van der Waals surface area contributed by atoms with Gasteiger partial charge in [0, 0.05) is 32.5 Å². The zero-order valence-corrected chi connectivity index (χ0v) is 16.1. The lowest BCUT2D eigenvalue weighted by Crippen LogP contribution is -2.70. The Hall–Kier alpha value is -1.48. The van der Waals surface area contributed by atoms with Gasteiger partial charge in [-0.05, 0) is 6.42 Å². The van der Waals surface area contributed by atoms with Crippen molar-refractivity contribution in [3.63, 3.8) is 0 Å². The van der Waals surface area contributed by atoms with E-state index in [1.54, 1.807) is 0 Å². The number of hydrogen-bond donors (Lipinski definition) is 5. The predicted octanol–water partition coefficient (Wildman–Crippen LogP) is -2.70. The van der Waals surface area contributed by atoms with Gasteiger partial charge in [0.15, 0.2) is 12.4 Å². The van der Waals surface area contributed by atoms with Crippen LogP contribution in [-0.4, -0.2) is 84.4 Å². The zero-order chi connectivity index (χ0) is 22.1. The first-order chi connectivity index (χ1) is 13.4. The van der Waals surface area contributed by atoms with E-state index >= 15 is 0 Å². The quantitative estimate of drug-likeness (QED) is 0.287. The molecule has 1 saturated heterocycles. The summed E-state index contributed by atoms with van der Waals surface area (Å²) in [5.74, 6) is -5.32. The molecule has 9 N–H and O–H groups in total. The van der Waals surface area contributed by atoms with E-state index < -0.39 is 79.3 Å². The SMILES string of the molecule is CC(=O)O[C@@H]1[C@@H](O)[C@H](O[C@H]2O[C@H](CN)C(F)(F)[C@H](OC(C)=O)[C@H]2N)[C@@H](N)C[C@H]1N. The average molecular weight is 426 g/mol. The van der Waals surface area contributed by atoms with Gasteiger partial charge in [-0.3, -0.25) is 9.59 Å². The second kappa shape index (κ2) is 9.12. The molecule has 9 atom stereocenters. The van der Waals surface area contributed by atoms with Crippen LogP contribution in [0.4, 0.5) is 8.78 Å². The molecule has 0 aromatic rings. The third-order valence-corrected chi connectivity index (χ3v) is 4.93. The Kier molecular flexibility index (Phi) is 7.48. The van der Waals surface area contributed by atoms with E-state index in [0.717, 1.165) is 13.8 Å². The molecule has 0 aromatic heterocycles. The fraction of sp³-hybridized carbons (Fsp3) is 0.875. The summed E-state index contributed by atoms with van der Waals surface area (Å²) in [5, 5.41) is 10.6. The number of rotatable bonds is 5. The van der Waals surface area contributed by atoms with Gasteiger partial charge in [-0.15, -0.1) is 0 Å². The molecule has 29 heavy (non-hydrogen) atoms. The van der Waals surface area contributed by atoms with Crippen LogP contribution in [0.15, 0.2) is 0 Å². The maximum Gasteiger partial charge on any atom is 0.312 e. The van der Waals surface area contributed by atoms with Crippen LogP contribution in [0.1, 0.15) is 20.3 Å². The Morgan fingerprint density at radius 1 is 1.10 bits per heavy atom. The number of carbonyl (C=O) groups is 2. The smallest absolute Gasteiger partial charge is 0.312 e. The highest BCUT2D eigenvalue weighted by Crippen LogP contribution is 2.37. The Balaban J connectivity index is 2.23. The molecule has 1 saturated carbocycles. The maximum atomic E-state index is 14.5. The molecule has 2 rings (SSSR count). The second-order valence-electron chi connectivity index (χ2n) is 7.24. The van der Waals surface area contributed by atoms with Crippen molar-refractivity contribution in [2.24, 2.45) is 22.9 Å². The molecule has 0 unspecified atom stereocenters. The van der Waals surface area contributed by atoms with Gasteiger partial charge >= 0.3 is 17.9 Å². The minimum Gasteiger partial charge on any atom is -0.458 e. The summed E-state index contributed by atoms with van der Waals surface area (Å²) in [5.41, 5.74) is 23.1. The zero-order valence-electron chi connectivity index (χ0n) is 16.1. The summed E-state index contributed by atoms with van der Waals surface area (Å²) in [4.78, 5) is 22.6. The van der Waals surface area contributed by atoms with Crippen LogP contribution < -0.4 is 22.9 Å². The topological polar surface area (TPSA) is 195 Å². The molecular formula is C16H28F2N4O7. The molecule has 11 nitrogen and oxygen atoms in total. The number of hydrogen-bond acceptors (Lipinski definition) is 11. The van der Waals surface area contributed by atoms with Crippen molar-refractivity contribution < 1.29 is 42.4 Å². The van der Waals surface area contributed by atoms with E-state index in [1.165, 1.54) is 0 Å². The van der Waals surface area contributed by atoms with Crippen molar-refractivity contribution in [2.45, 2.75) is 81.1 Å². The Morgan fingerprint density at radius 3 is 2.17 bits per heavy atom. The standard InChI is InChI=1S/C16H28F2N4O7/c1-5(23)26-12-7(20)3-8(21)13(11(12)25)29-15-10(22)14(27-6(2)24)16(17,18)9(4-19)28-15/h7-15,25H,3-4,19-22H2,1-2H3/t7-,8+,9-,10-,11-,12+,13-,14-,15-/m1/s1. The monoisotopic (exact) mass is 426 g/mol. The van der Waals surface area contributed by atoms with E-state index in [4.69, 9.17) is 41.9 Å². The summed E-state index contributed by atoms with van der Waals surface area (Å²) in [6.45, 7) is 1.48. The highest BCUT2D eigenvalue weighted by molar-refractivity contribution is 5.66. The number of alkyl halides is 2. The number of aliphatic hydroxyl groups is 1. The van der Waals surface area contributed by atoms with Gasteiger partial charge in [-0.2, -0.15) is 8.78 Å². The van der Waals surface area contributed by atoms with E-state index in [-0.39, 0.29) is 6.42 Å². The molecule has 168 valence electrons. The van der Waals surface area contributed by atoms with Crippen LogP contribution in [0.2, 0.25) is 0 Å². The van der Waals surface area contributed by atoms with E-state index in [0.29, 0.717) is 0 Å². The van der Waals surface area contributed by atoms with Crippen LogP contribution in [0, 0.1) is 0 Å². The normalized spacial score (nSPS) is 42.2. The Morgan fingerprint density at radius 2 is 1.66 bits per heavy atom. The van der Waals surface area contributed by atoms with Crippen molar-refractivity contribution in [3.05, 3.63) is 0 Å². The molecule has 1 aliphatic heterocycles. The van der Waals surface area contributed by atoms with Gasteiger partial charge in [0.1, 0.15) is 24.4 Å². The van der Waals surface area contributed by atoms with Crippen LogP contribution in [0.5, 0.6) is 0 Å². The third kappa shape index (κ3) is 4.99. The molecule has 1 aliphatic carbocycles. The summed E-state index contributed by atoms with van der Waals surface area (Å²) >= 11 is 0. The van der Waals surface area contributed by atoms with Gasteiger partial charge in [0.05, 0.1) is 6.04 Å². The molecule has 0 amide bonds. The fourth-order valence-corrected chi connectivity index (χ4v) is 3.56. The molecule has 0 bridgehead atoms. The number of carbonyl (C=O) groups excluding carboxylic acids is 2. The molecule has 0 radical (unpaired) electrons. The number of nitrogens with two attached hydrogens (primary N) is 4. The lowest BCUT2D eigenvalue weighted by Gasteiger charge is -2.47. The fourth-order valence-electron chi connectivity index (χ4n) is 3.56. The number of halogens is 2. The lowest BCUT2D eigenvalue weighted by atomic mass is 9.84. The first kappa shape index (κ1) is 23.8. The van der Waals surface area contributed by atoms with E-state index in [2.05, 4.69) is 0 Å². The van der Waals surface area contributed by atoms with Crippen molar-refractivity contribution in [3.8, 4) is 0 Å². The molecule has 0 spiro atoms. The van der Waals surface area contributed by atoms with Gasteiger partial charge in [-0.25, -0.2) is 0 Å². The van der Waals surface area contributed by atoms with Crippen molar-refractivity contribution in [1.29, 1.82) is 0 Å².